The van der Waals surface area contributed by atoms with Crippen molar-refractivity contribution in [1.82, 2.24) is 10.2 Å². The topological polar surface area (TPSA) is 67.6 Å². The predicted octanol–water partition coefficient (Wildman–Crippen LogP) is 0.485. The van der Waals surface area contributed by atoms with E-state index in [9.17, 15) is 4.79 Å². The zero-order valence-electron chi connectivity index (χ0n) is 12.0. The normalized spacial score (nSPS) is 25.8. The van der Waals surface area contributed by atoms with E-state index in [1.54, 1.807) is 6.92 Å². The lowest BCUT2D eigenvalue weighted by atomic mass is 9.86. The molecule has 19 heavy (non-hydrogen) atoms. The van der Waals surface area contributed by atoms with Gasteiger partial charge in [0.1, 0.15) is 0 Å². The number of rotatable bonds is 4. The number of hydrogen-bond donors (Lipinski definition) is 2. The number of piperidine rings is 1. The Kier molecular flexibility index (Phi) is 5.19. The number of ether oxygens (including phenoxy) is 1. The fraction of sp³-hybridized carbons (Fsp3) is 0.929. The summed E-state index contributed by atoms with van der Waals surface area (Å²) in [6.45, 7) is 6.32. The van der Waals surface area contributed by atoms with Gasteiger partial charge < -0.3 is 15.8 Å². The summed E-state index contributed by atoms with van der Waals surface area (Å²) in [7, 11) is 0. The third-order valence-corrected chi connectivity index (χ3v) is 4.46. The van der Waals surface area contributed by atoms with E-state index in [-0.39, 0.29) is 11.4 Å². The molecule has 1 amide bonds. The lowest BCUT2D eigenvalue weighted by Gasteiger charge is -2.48. The molecule has 2 rings (SSSR count). The molecule has 1 atom stereocenters. The van der Waals surface area contributed by atoms with E-state index in [2.05, 4.69) is 10.2 Å². The lowest BCUT2D eigenvalue weighted by molar-refractivity contribution is -0.123. The lowest BCUT2D eigenvalue weighted by Crippen LogP contribution is -2.60. The van der Waals surface area contributed by atoms with Gasteiger partial charge in [0, 0.05) is 25.3 Å². The molecule has 5 nitrogen and oxygen atoms in total. The van der Waals surface area contributed by atoms with Crippen LogP contribution in [0.3, 0.4) is 0 Å². The third-order valence-electron chi connectivity index (χ3n) is 4.46. The van der Waals surface area contributed by atoms with Crippen molar-refractivity contribution in [2.24, 2.45) is 5.73 Å². The van der Waals surface area contributed by atoms with Gasteiger partial charge in [-0.2, -0.15) is 0 Å². The second-order valence-electron chi connectivity index (χ2n) is 5.89. The molecule has 1 unspecified atom stereocenters. The van der Waals surface area contributed by atoms with Crippen LogP contribution in [0.1, 0.15) is 39.0 Å². The first kappa shape index (κ1) is 14.8. The van der Waals surface area contributed by atoms with Gasteiger partial charge in [-0.05, 0) is 45.7 Å². The molecule has 2 heterocycles. The maximum absolute atomic E-state index is 11.7. The van der Waals surface area contributed by atoms with E-state index in [0.717, 1.165) is 39.1 Å². The highest BCUT2D eigenvalue weighted by molar-refractivity contribution is 5.81. The van der Waals surface area contributed by atoms with Crippen LogP contribution in [0.15, 0.2) is 0 Å². The summed E-state index contributed by atoms with van der Waals surface area (Å²) in [6.07, 6.45) is 5.88. The standard InChI is InChI=1S/C14H27N3O2/c1-12(15)13(18)16-11-14(5-9-19-10-6-14)17-7-3-2-4-8-17/h12H,2-11,15H2,1H3,(H,16,18). The third kappa shape index (κ3) is 3.68. The number of nitrogens with zero attached hydrogens (tertiary/aromatic N) is 1. The second-order valence-corrected chi connectivity index (χ2v) is 5.89. The molecule has 0 aromatic rings. The molecular formula is C14H27N3O2. The largest absolute Gasteiger partial charge is 0.381 e. The molecule has 3 N–H and O–H groups in total. The van der Waals surface area contributed by atoms with E-state index in [1.165, 1.54) is 19.3 Å². The van der Waals surface area contributed by atoms with E-state index in [4.69, 9.17) is 10.5 Å². The number of likely N-dealkylation sites (tertiary alicyclic amines) is 1. The van der Waals surface area contributed by atoms with Crippen LogP contribution in [0.5, 0.6) is 0 Å². The first-order valence-electron chi connectivity index (χ1n) is 7.50. The molecular weight excluding hydrogens is 242 g/mol. The highest BCUT2D eigenvalue weighted by Crippen LogP contribution is 2.30. The van der Waals surface area contributed by atoms with Gasteiger partial charge in [0.25, 0.3) is 0 Å². The summed E-state index contributed by atoms with van der Waals surface area (Å²) in [5.41, 5.74) is 5.71. The van der Waals surface area contributed by atoms with E-state index >= 15 is 0 Å². The zero-order chi connectivity index (χ0) is 13.7. The van der Waals surface area contributed by atoms with Crippen LogP contribution in [0.25, 0.3) is 0 Å². The number of nitrogens with two attached hydrogens (primary N) is 1. The van der Waals surface area contributed by atoms with E-state index < -0.39 is 6.04 Å². The van der Waals surface area contributed by atoms with Gasteiger partial charge in [0.2, 0.25) is 5.91 Å². The molecule has 2 aliphatic rings. The van der Waals surface area contributed by atoms with Crippen LogP contribution in [-0.4, -0.2) is 55.2 Å². The molecule has 110 valence electrons. The number of nitrogens with one attached hydrogen (secondary N) is 1. The van der Waals surface area contributed by atoms with Gasteiger partial charge in [0.15, 0.2) is 0 Å². The van der Waals surface area contributed by atoms with Crippen molar-refractivity contribution in [3.05, 3.63) is 0 Å². The van der Waals surface area contributed by atoms with Crippen LogP contribution in [-0.2, 0) is 9.53 Å². The van der Waals surface area contributed by atoms with Crippen LogP contribution in [0.4, 0.5) is 0 Å². The van der Waals surface area contributed by atoms with E-state index in [1.807, 2.05) is 0 Å². The minimum atomic E-state index is -0.432. The molecule has 0 aromatic heterocycles. The fourth-order valence-electron chi connectivity index (χ4n) is 3.14. The summed E-state index contributed by atoms with van der Waals surface area (Å²) in [4.78, 5) is 14.3. The Balaban J connectivity index is 1.99. The maximum Gasteiger partial charge on any atom is 0.236 e. The smallest absolute Gasteiger partial charge is 0.236 e. The van der Waals surface area contributed by atoms with Gasteiger partial charge in [-0.1, -0.05) is 6.42 Å². The molecule has 0 aromatic carbocycles. The molecule has 5 heteroatoms. The van der Waals surface area contributed by atoms with Crippen molar-refractivity contribution < 1.29 is 9.53 Å². The van der Waals surface area contributed by atoms with Gasteiger partial charge in [-0.15, -0.1) is 0 Å². The molecule has 0 radical (unpaired) electrons. The summed E-state index contributed by atoms with van der Waals surface area (Å²) >= 11 is 0. The van der Waals surface area contributed by atoms with Crippen LogP contribution >= 0.6 is 0 Å². The van der Waals surface area contributed by atoms with Crippen molar-refractivity contribution in [2.75, 3.05) is 32.8 Å². The Labute approximate surface area is 115 Å². The average molecular weight is 269 g/mol. The van der Waals surface area contributed by atoms with Crippen molar-refractivity contribution in [3.63, 3.8) is 0 Å². The summed E-state index contributed by atoms with van der Waals surface area (Å²) < 4.78 is 5.51. The number of hydrogen-bond acceptors (Lipinski definition) is 4. The zero-order valence-corrected chi connectivity index (χ0v) is 12.0. The monoisotopic (exact) mass is 269 g/mol. The van der Waals surface area contributed by atoms with Crippen LogP contribution in [0, 0.1) is 0 Å². The quantitative estimate of drug-likeness (QED) is 0.779. The van der Waals surface area contributed by atoms with Gasteiger partial charge in [-0.25, -0.2) is 0 Å². The molecule has 0 spiro atoms. The average Bonchev–Trinajstić information content (AvgIpc) is 2.46. The maximum atomic E-state index is 11.7. The van der Waals surface area contributed by atoms with Gasteiger partial charge >= 0.3 is 0 Å². The van der Waals surface area contributed by atoms with Gasteiger partial charge in [-0.3, -0.25) is 9.69 Å². The Morgan fingerprint density at radius 2 is 1.95 bits per heavy atom. The Morgan fingerprint density at radius 1 is 1.32 bits per heavy atom. The SMILES string of the molecule is CC(N)C(=O)NCC1(N2CCCCC2)CCOCC1. The van der Waals surface area contributed by atoms with Crippen molar-refractivity contribution in [3.8, 4) is 0 Å². The highest BCUT2D eigenvalue weighted by atomic mass is 16.5. The molecule has 0 aliphatic carbocycles. The van der Waals surface area contributed by atoms with Crippen LogP contribution < -0.4 is 11.1 Å². The molecule has 2 saturated heterocycles. The predicted molar refractivity (Wildman–Crippen MR) is 74.9 cm³/mol. The van der Waals surface area contributed by atoms with Gasteiger partial charge in [0.05, 0.1) is 6.04 Å². The first-order valence-corrected chi connectivity index (χ1v) is 7.50. The minimum Gasteiger partial charge on any atom is -0.381 e. The van der Waals surface area contributed by atoms with E-state index in [0.29, 0.717) is 6.54 Å². The summed E-state index contributed by atoms with van der Waals surface area (Å²) in [5.74, 6) is -0.0529. The first-order chi connectivity index (χ1) is 9.14. The fourth-order valence-corrected chi connectivity index (χ4v) is 3.14. The highest BCUT2D eigenvalue weighted by Gasteiger charge is 2.39. The van der Waals surface area contributed by atoms with Crippen molar-refractivity contribution in [2.45, 2.75) is 50.6 Å². The van der Waals surface area contributed by atoms with Crippen LogP contribution in [0.2, 0.25) is 0 Å². The molecule has 0 bridgehead atoms. The Bertz CT molecular complexity index is 295. The number of amides is 1. The number of carbonyl (C=O) groups is 1. The molecule has 0 saturated carbocycles. The van der Waals surface area contributed by atoms with Crippen molar-refractivity contribution in [1.29, 1.82) is 0 Å². The summed E-state index contributed by atoms with van der Waals surface area (Å²) in [6, 6.07) is -0.432. The Morgan fingerprint density at radius 3 is 2.53 bits per heavy atom. The molecule has 2 fully saturated rings. The number of carbonyl (C=O) groups excluding carboxylic acids is 1. The minimum absolute atomic E-state index is 0.0529. The van der Waals surface area contributed by atoms with Crippen molar-refractivity contribution >= 4 is 5.91 Å². The summed E-state index contributed by atoms with van der Waals surface area (Å²) in [5, 5.41) is 3.03. The molecule has 2 aliphatic heterocycles. The second kappa shape index (κ2) is 6.68. The Hall–Kier alpha value is -0.650.